The lowest BCUT2D eigenvalue weighted by Gasteiger charge is -2.43. The predicted molar refractivity (Wildman–Crippen MR) is 91.8 cm³/mol. The number of hydrogen-bond acceptors (Lipinski definition) is 5. The Balaban J connectivity index is 1.67. The van der Waals surface area contributed by atoms with Gasteiger partial charge in [0.2, 0.25) is 0 Å². The molecule has 1 N–H and O–H groups in total. The van der Waals surface area contributed by atoms with Crippen molar-refractivity contribution in [2.75, 3.05) is 13.2 Å². The van der Waals surface area contributed by atoms with Crippen molar-refractivity contribution in [3.63, 3.8) is 0 Å². The molecule has 1 fully saturated rings. The smallest absolute Gasteiger partial charge is 0.0973 e. The first kappa shape index (κ1) is 15.2. The molecule has 0 bridgehead atoms. The SMILES string of the molecule is CCc1cc2c(s1)CCOC21CCNC(c2cnc(C)cn2)C1. The van der Waals surface area contributed by atoms with Gasteiger partial charge in [-0.1, -0.05) is 6.92 Å². The highest BCUT2D eigenvalue weighted by Crippen LogP contribution is 2.46. The molecule has 0 aromatic carbocycles. The van der Waals surface area contributed by atoms with E-state index in [2.05, 4.69) is 28.3 Å². The lowest BCUT2D eigenvalue weighted by atomic mass is 9.79. The molecular weight excluding hydrogens is 306 g/mol. The number of nitrogens with one attached hydrogen (secondary N) is 1. The minimum Gasteiger partial charge on any atom is -0.370 e. The summed E-state index contributed by atoms with van der Waals surface area (Å²) in [5, 5.41) is 3.60. The molecule has 23 heavy (non-hydrogen) atoms. The van der Waals surface area contributed by atoms with E-state index in [-0.39, 0.29) is 11.6 Å². The lowest BCUT2D eigenvalue weighted by Crippen LogP contribution is -2.46. The number of nitrogens with zero attached hydrogens (tertiary/aromatic N) is 2. The summed E-state index contributed by atoms with van der Waals surface area (Å²) in [6.45, 7) is 6.00. The molecule has 4 heterocycles. The van der Waals surface area contributed by atoms with E-state index in [1.807, 2.05) is 30.7 Å². The Hall–Kier alpha value is -1.30. The van der Waals surface area contributed by atoms with Gasteiger partial charge in [-0.2, -0.15) is 0 Å². The van der Waals surface area contributed by atoms with Crippen LogP contribution in [-0.4, -0.2) is 23.1 Å². The molecule has 2 atom stereocenters. The normalized spacial score (nSPS) is 27.1. The van der Waals surface area contributed by atoms with Crippen LogP contribution in [0.25, 0.3) is 0 Å². The number of piperidine rings is 1. The second kappa shape index (κ2) is 5.96. The van der Waals surface area contributed by atoms with Crippen molar-refractivity contribution < 1.29 is 4.74 Å². The van der Waals surface area contributed by atoms with Crippen LogP contribution in [0.1, 0.15) is 52.5 Å². The quantitative estimate of drug-likeness (QED) is 0.918. The molecule has 2 unspecified atom stereocenters. The van der Waals surface area contributed by atoms with Gasteiger partial charge >= 0.3 is 0 Å². The summed E-state index contributed by atoms with van der Waals surface area (Å²) in [5.74, 6) is 0. The number of thiophene rings is 1. The molecule has 1 saturated heterocycles. The monoisotopic (exact) mass is 329 g/mol. The minimum absolute atomic E-state index is 0.139. The highest BCUT2D eigenvalue weighted by atomic mass is 32.1. The second-order valence-electron chi connectivity index (χ2n) is 6.54. The topological polar surface area (TPSA) is 47.0 Å². The molecule has 0 amide bonds. The zero-order valence-electron chi connectivity index (χ0n) is 13.8. The third-order valence-corrected chi connectivity index (χ3v) is 6.36. The highest BCUT2D eigenvalue weighted by molar-refractivity contribution is 7.12. The molecule has 4 nitrogen and oxygen atoms in total. The lowest BCUT2D eigenvalue weighted by molar-refractivity contribution is -0.0893. The van der Waals surface area contributed by atoms with Gasteiger partial charge in [-0.3, -0.25) is 9.97 Å². The molecule has 5 heteroatoms. The van der Waals surface area contributed by atoms with Crippen LogP contribution in [0.15, 0.2) is 18.5 Å². The maximum absolute atomic E-state index is 6.38. The molecule has 0 saturated carbocycles. The number of aromatic nitrogens is 2. The Labute approximate surface area is 141 Å². The number of ether oxygens (including phenoxy) is 1. The standard InChI is InChI=1S/C18H23N3OS/c1-3-13-8-14-17(23-13)4-7-22-18(14)5-6-19-15(9-18)16-11-20-12(2)10-21-16/h8,10-11,15,19H,3-7,9H2,1-2H3. The van der Waals surface area contributed by atoms with Crippen LogP contribution in [0.4, 0.5) is 0 Å². The molecular formula is C18H23N3OS. The fourth-order valence-electron chi connectivity index (χ4n) is 3.77. The van der Waals surface area contributed by atoms with Crippen LogP contribution in [-0.2, 0) is 23.2 Å². The highest BCUT2D eigenvalue weighted by Gasteiger charge is 2.43. The summed E-state index contributed by atoms with van der Waals surface area (Å²) < 4.78 is 6.38. The summed E-state index contributed by atoms with van der Waals surface area (Å²) >= 11 is 1.97. The zero-order valence-corrected chi connectivity index (χ0v) is 14.6. The number of hydrogen-bond donors (Lipinski definition) is 1. The van der Waals surface area contributed by atoms with Gasteiger partial charge in [0.25, 0.3) is 0 Å². The summed E-state index contributed by atoms with van der Waals surface area (Å²) in [5.41, 5.74) is 3.29. The van der Waals surface area contributed by atoms with Crippen molar-refractivity contribution in [2.24, 2.45) is 0 Å². The van der Waals surface area contributed by atoms with E-state index in [9.17, 15) is 0 Å². The molecule has 2 aromatic rings. The largest absolute Gasteiger partial charge is 0.370 e. The van der Waals surface area contributed by atoms with Crippen molar-refractivity contribution in [2.45, 2.75) is 51.2 Å². The summed E-state index contributed by atoms with van der Waals surface area (Å²) in [4.78, 5) is 12.0. The predicted octanol–water partition coefficient (Wildman–Crippen LogP) is 3.30. The average molecular weight is 329 g/mol. The van der Waals surface area contributed by atoms with Crippen LogP contribution in [0, 0.1) is 6.92 Å². The molecule has 2 aromatic heterocycles. The van der Waals surface area contributed by atoms with Gasteiger partial charge in [0, 0.05) is 28.8 Å². The van der Waals surface area contributed by atoms with E-state index >= 15 is 0 Å². The molecule has 4 rings (SSSR count). The number of aryl methyl sites for hydroxylation is 2. The van der Waals surface area contributed by atoms with Gasteiger partial charge in [0.1, 0.15) is 0 Å². The molecule has 0 radical (unpaired) electrons. The summed E-state index contributed by atoms with van der Waals surface area (Å²) in [6, 6.07) is 2.61. The average Bonchev–Trinajstić information content (AvgIpc) is 3.01. The van der Waals surface area contributed by atoms with E-state index in [1.54, 1.807) is 0 Å². The van der Waals surface area contributed by atoms with E-state index < -0.39 is 0 Å². The third kappa shape index (κ3) is 2.71. The van der Waals surface area contributed by atoms with Gasteiger partial charge < -0.3 is 10.1 Å². The first-order valence-electron chi connectivity index (χ1n) is 8.48. The van der Waals surface area contributed by atoms with Crippen molar-refractivity contribution in [1.29, 1.82) is 0 Å². The van der Waals surface area contributed by atoms with Gasteiger partial charge in [0.15, 0.2) is 0 Å². The van der Waals surface area contributed by atoms with Gasteiger partial charge in [-0.25, -0.2) is 0 Å². The van der Waals surface area contributed by atoms with Crippen LogP contribution in [0.3, 0.4) is 0 Å². The molecule has 0 aliphatic carbocycles. The first-order valence-corrected chi connectivity index (χ1v) is 9.30. The van der Waals surface area contributed by atoms with E-state index in [1.165, 1.54) is 15.3 Å². The van der Waals surface area contributed by atoms with Gasteiger partial charge in [-0.05, 0) is 37.9 Å². The van der Waals surface area contributed by atoms with Crippen LogP contribution in [0.5, 0.6) is 0 Å². The van der Waals surface area contributed by atoms with Gasteiger partial charge in [0.05, 0.1) is 35.8 Å². The van der Waals surface area contributed by atoms with E-state index in [0.29, 0.717) is 0 Å². The Morgan fingerprint density at radius 1 is 1.39 bits per heavy atom. The molecule has 122 valence electrons. The fourth-order valence-corrected chi connectivity index (χ4v) is 4.94. The van der Waals surface area contributed by atoms with E-state index in [4.69, 9.17) is 4.74 Å². The Bertz CT molecular complexity index is 697. The fraction of sp³-hybridized carbons (Fsp3) is 0.556. The maximum atomic E-state index is 6.38. The van der Waals surface area contributed by atoms with Crippen molar-refractivity contribution in [3.05, 3.63) is 45.2 Å². The Kier molecular flexibility index (Phi) is 3.95. The van der Waals surface area contributed by atoms with Crippen molar-refractivity contribution >= 4 is 11.3 Å². The van der Waals surface area contributed by atoms with Gasteiger partial charge in [-0.15, -0.1) is 11.3 Å². The molecule has 2 aliphatic heterocycles. The van der Waals surface area contributed by atoms with E-state index in [0.717, 1.165) is 50.2 Å². The van der Waals surface area contributed by atoms with Crippen molar-refractivity contribution in [1.82, 2.24) is 15.3 Å². The Morgan fingerprint density at radius 3 is 3.09 bits per heavy atom. The zero-order chi connectivity index (χ0) is 15.9. The maximum Gasteiger partial charge on any atom is 0.0973 e. The van der Waals surface area contributed by atoms with Crippen LogP contribution >= 0.6 is 11.3 Å². The number of rotatable bonds is 2. The number of fused-ring (bicyclic) bond motifs is 2. The molecule has 2 aliphatic rings. The Morgan fingerprint density at radius 2 is 2.30 bits per heavy atom. The van der Waals surface area contributed by atoms with Crippen LogP contribution < -0.4 is 5.32 Å². The summed E-state index contributed by atoms with van der Waals surface area (Å²) in [6.07, 6.45) is 7.91. The third-order valence-electron chi connectivity index (χ3n) is 5.02. The second-order valence-corrected chi connectivity index (χ2v) is 7.76. The minimum atomic E-state index is -0.139. The molecule has 1 spiro atoms. The summed E-state index contributed by atoms with van der Waals surface area (Å²) in [7, 11) is 0. The first-order chi connectivity index (χ1) is 11.2. The van der Waals surface area contributed by atoms with Crippen LogP contribution in [0.2, 0.25) is 0 Å². The van der Waals surface area contributed by atoms with Crippen molar-refractivity contribution in [3.8, 4) is 0 Å².